The van der Waals surface area contributed by atoms with Crippen molar-refractivity contribution in [1.82, 2.24) is 0 Å². The van der Waals surface area contributed by atoms with Crippen molar-refractivity contribution < 1.29 is 9.53 Å². The highest BCUT2D eigenvalue weighted by atomic mass is 32.2. The molecule has 0 radical (unpaired) electrons. The molecule has 0 bridgehead atoms. The lowest BCUT2D eigenvalue weighted by atomic mass is 10.1. The summed E-state index contributed by atoms with van der Waals surface area (Å²) in [4.78, 5) is 10.9. The highest BCUT2D eigenvalue weighted by Crippen LogP contribution is 2.05. The number of hydrogen-bond donors (Lipinski definition) is 0. The van der Waals surface area contributed by atoms with E-state index in [1.807, 2.05) is 17.8 Å². The summed E-state index contributed by atoms with van der Waals surface area (Å²) in [7, 11) is 1.43. The molecular formula is C18H30O2S. The van der Waals surface area contributed by atoms with Gasteiger partial charge in [0.1, 0.15) is 0 Å². The number of esters is 1. The Bertz CT molecular complexity index is 328. The minimum Gasteiger partial charge on any atom is -0.469 e. The van der Waals surface area contributed by atoms with Gasteiger partial charge >= 0.3 is 5.97 Å². The van der Waals surface area contributed by atoms with Gasteiger partial charge in [0.05, 0.1) is 7.11 Å². The Morgan fingerprint density at radius 1 is 1.05 bits per heavy atom. The molecule has 0 aromatic carbocycles. The summed E-state index contributed by atoms with van der Waals surface area (Å²) in [6, 6.07) is 0. The zero-order valence-corrected chi connectivity index (χ0v) is 14.4. The maximum absolute atomic E-state index is 10.9. The molecule has 120 valence electrons. The second-order valence-corrected chi connectivity index (χ2v) is 5.98. The number of ether oxygens (including phenoxy) is 1. The zero-order chi connectivity index (χ0) is 15.6. The van der Waals surface area contributed by atoms with Gasteiger partial charge in [-0.25, -0.2) is 0 Å². The van der Waals surface area contributed by atoms with Gasteiger partial charge in [0.2, 0.25) is 0 Å². The van der Waals surface area contributed by atoms with Gasteiger partial charge in [0.15, 0.2) is 0 Å². The van der Waals surface area contributed by atoms with Gasteiger partial charge in [-0.3, -0.25) is 4.79 Å². The van der Waals surface area contributed by atoms with Crippen molar-refractivity contribution in [2.45, 2.75) is 58.3 Å². The third kappa shape index (κ3) is 17.0. The molecular weight excluding hydrogens is 280 g/mol. The van der Waals surface area contributed by atoms with E-state index in [0.29, 0.717) is 6.42 Å². The first kappa shape index (κ1) is 20.1. The molecule has 0 rings (SSSR count). The lowest BCUT2D eigenvalue weighted by molar-refractivity contribution is -0.140. The third-order valence-corrected chi connectivity index (χ3v) is 3.83. The van der Waals surface area contributed by atoms with Crippen LogP contribution in [0.3, 0.4) is 0 Å². The highest BCUT2D eigenvalue weighted by molar-refractivity contribution is 7.99. The Hall–Kier alpha value is -0.920. The van der Waals surface area contributed by atoms with Gasteiger partial charge in [-0.15, -0.1) is 5.73 Å². The molecule has 0 aliphatic heterocycles. The van der Waals surface area contributed by atoms with Crippen LogP contribution in [-0.4, -0.2) is 24.6 Å². The van der Waals surface area contributed by atoms with Crippen LogP contribution < -0.4 is 0 Å². The average Bonchev–Trinajstić information content (AvgIpc) is 2.50. The van der Waals surface area contributed by atoms with E-state index in [1.165, 1.54) is 39.2 Å². The van der Waals surface area contributed by atoms with Crippen molar-refractivity contribution >= 4 is 17.7 Å². The number of unbranched alkanes of at least 4 members (excludes halogenated alkanes) is 5. The second-order valence-electron chi connectivity index (χ2n) is 4.90. The van der Waals surface area contributed by atoms with Crippen LogP contribution in [0, 0.1) is 0 Å². The van der Waals surface area contributed by atoms with E-state index in [1.54, 1.807) is 0 Å². The number of methoxy groups -OCH3 is 1. The molecule has 0 heterocycles. The van der Waals surface area contributed by atoms with Crippen LogP contribution in [0.15, 0.2) is 30.0 Å². The molecule has 0 atom stereocenters. The van der Waals surface area contributed by atoms with Gasteiger partial charge in [-0.2, -0.15) is 11.8 Å². The van der Waals surface area contributed by atoms with E-state index >= 15 is 0 Å². The SMILES string of the molecule is CCCCCC/C=C\CSCC=C=CCCCC(=O)OC. The van der Waals surface area contributed by atoms with Crippen molar-refractivity contribution in [2.75, 3.05) is 18.6 Å². The summed E-state index contributed by atoms with van der Waals surface area (Å²) in [5.74, 6) is 1.94. The lowest BCUT2D eigenvalue weighted by Gasteiger charge is -1.94. The van der Waals surface area contributed by atoms with Crippen molar-refractivity contribution in [3.8, 4) is 0 Å². The molecule has 0 N–H and O–H groups in total. The minimum absolute atomic E-state index is 0.135. The van der Waals surface area contributed by atoms with Crippen LogP contribution in [0.5, 0.6) is 0 Å². The van der Waals surface area contributed by atoms with Gasteiger partial charge < -0.3 is 4.74 Å². The zero-order valence-electron chi connectivity index (χ0n) is 13.6. The van der Waals surface area contributed by atoms with Crippen LogP contribution >= 0.6 is 11.8 Å². The molecule has 0 fully saturated rings. The fraction of sp³-hybridized carbons (Fsp3) is 0.667. The molecule has 21 heavy (non-hydrogen) atoms. The molecule has 0 amide bonds. The summed E-state index contributed by atoms with van der Waals surface area (Å²) in [5, 5.41) is 0. The van der Waals surface area contributed by atoms with Crippen molar-refractivity contribution in [1.29, 1.82) is 0 Å². The topological polar surface area (TPSA) is 26.3 Å². The van der Waals surface area contributed by atoms with Crippen molar-refractivity contribution in [3.05, 3.63) is 30.0 Å². The molecule has 0 saturated heterocycles. The summed E-state index contributed by atoms with van der Waals surface area (Å²) >= 11 is 1.89. The lowest BCUT2D eigenvalue weighted by Crippen LogP contribution is -1.98. The number of thioether (sulfide) groups is 1. The van der Waals surface area contributed by atoms with Crippen molar-refractivity contribution in [2.24, 2.45) is 0 Å². The Balaban J connectivity index is 3.35. The average molecular weight is 311 g/mol. The molecule has 0 aromatic heterocycles. The Morgan fingerprint density at radius 2 is 1.90 bits per heavy atom. The molecule has 0 aromatic rings. The van der Waals surface area contributed by atoms with E-state index in [0.717, 1.165) is 24.3 Å². The summed E-state index contributed by atoms with van der Waals surface area (Å²) in [5.41, 5.74) is 3.16. The van der Waals surface area contributed by atoms with Crippen LogP contribution in [-0.2, 0) is 9.53 Å². The smallest absolute Gasteiger partial charge is 0.305 e. The predicted molar refractivity (Wildman–Crippen MR) is 93.7 cm³/mol. The van der Waals surface area contributed by atoms with Gasteiger partial charge in [-0.05, 0) is 37.8 Å². The number of rotatable bonds is 13. The van der Waals surface area contributed by atoms with Crippen molar-refractivity contribution in [3.63, 3.8) is 0 Å². The van der Waals surface area contributed by atoms with E-state index in [4.69, 9.17) is 0 Å². The van der Waals surface area contributed by atoms with Gasteiger partial charge in [-0.1, -0.05) is 38.3 Å². The minimum atomic E-state index is -0.135. The maximum Gasteiger partial charge on any atom is 0.305 e. The first-order valence-corrected chi connectivity index (χ1v) is 9.15. The van der Waals surface area contributed by atoms with Gasteiger partial charge in [0.25, 0.3) is 0 Å². The number of hydrogen-bond acceptors (Lipinski definition) is 3. The summed E-state index contributed by atoms with van der Waals surface area (Å²) < 4.78 is 4.58. The summed E-state index contributed by atoms with van der Waals surface area (Å²) in [6.45, 7) is 2.24. The number of allylic oxidation sites excluding steroid dienone is 1. The molecule has 0 saturated carbocycles. The Morgan fingerprint density at radius 3 is 2.67 bits per heavy atom. The molecule has 0 unspecified atom stereocenters. The predicted octanol–water partition coefficient (Wildman–Crippen LogP) is 5.30. The fourth-order valence-electron chi connectivity index (χ4n) is 1.74. The van der Waals surface area contributed by atoms with Crippen LogP contribution in [0.2, 0.25) is 0 Å². The normalized spacial score (nSPS) is 10.4. The van der Waals surface area contributed by atoms with Gasteiger partial charge in [0, 0.05) is 17.9 Å². The summed E-state index contributed by atoms with van der Waals surface area (Å²) in [6.07, 6.45) is 17.4. The molecule has 0 spiro atoms. The second kappa shape index (κ2) is 17.1. The molecule has 2 nitrogen and oxygen atoms in total. The number of carbonyl (C=O) groups excluding carboxylic acids is 1. The molecule has 3 heteroatoms. The fourth-order valence-corrected chi connectivity index (χ4v) is 2.36. The monoisotopic (exact) mass is 310 g/mol. The maximum atomic E-state index is 10.9. The first-order valence-electron chi connectivity index (χ1n) is 8.00. The van der Waals surface area contributed by atoms with E-state index in [2.05, 4.69) is 35.6 Å². The van der Waals surface area contributed by atoms with E-state index < -0.39 is 0 Å². The largest absolute Gasteiger partial charge is 0.469 e. The Labute approximate surface area is 134 Å². The van der Waals surface area contributed by atoms with Crippen LogP contribution in [0.4, 0.5) is 0 Å². The van der Waals surface area contributed by atoms with Crippen LogP contribution in [0.1, 0.15) is 58.3 Å². The standard InChI is InChI=1S/C18H30O2S/c1-3-4-5-6-7-10-13-16-21-17-14-11-8-9-12-15-18(19)20-2/h8,10,13-14H,3-7,9,12,15-17H2,1-2H3/b13-10-. The quantitative estimate of drug-likeness (QED) is 0.200. The molecule has 0 aliphatic carbocycles. The number of carbonyl (C=O) groups is 1. The van der Waals surface area contributed by atoms with Crippen LogP contribution in [0.25, 0.3) is 0 Å². The van der Waals surface area contributed by atoms with E-state index in [-0.39, 0.29) is 5.97 Å². The molecule has 0 aliphatic rings. The first-order chi connectivity index (χ1) is 10.3. The van der Waals surface area contributed by atoms with E-state index in [9.17, 15) is 4.79 Å². The Kier molecular flexibility index (Phi) is 16.4. The third-order valence-electron chi connectivity index (χ3n) is 3.00. The highest BCUT2D eigenvalue weighted by Gasteiger charge is 1.96.